The highest BCUT2D eigenvalue weighted by Gasteiger charge is 2.30. The molecule has 0 aromatic carbocycles. The van der Waals surface area contributed by atoms with Crippen LogP contribution in [0.4, 0.5) is 0 Å². The van der Waals surface area contributed by atoms with E-state index in [0.29, 0.717) is 25.7 Å². The third-order valence-electron chi connectivity index (χ3n) is 18.7. The van der Waals surface area contributed by atoms with E-state index in [9.17, 15) is 43.2 Å². The number of unbranched alkanes of at least 4 members (excludes halogenated alkanes) is 44. The molecule has 17 nitrogen and oxygen atoms in total. The first-order valence-corrected chi connectivity index (χ1v) is 43.9. The highest BCUT2D eigenvalue weighted by atomic mass is 31.2. The van der Waals surface area contributed by atoms with Crippen LogP contribution < -0.4 is 0 Å². The molecule has 0 aliphatic heterocycles. The number of hydrogen-bond donors (Lipinski definition) is 3. The van der Waals surface area contributed by atoms with Gasteiger partial charge in [-0.15, -0.1) is 0 Å². The number of phosphoric acid groups is 2. The maximum absolute atomic E-state index is 13.1. The average molecular weight is 1440 g/mol. The van der Waals surface area contributed by atoms with Gasteiger partial charge in [0.05, 0.1) is 26.4 Å². The Morgan fingerprint density at radius 3 is 0.776 bits per heavy atom. The smallest absolute Gasteiger partial charge is 0.462 e. The number of ether oxygens (including phenoxy) is 4. The number of phosphoric ester groups is 2. The molecule has 0 fully saturated rings. The van der Waals surface area contributed by atoms with Crippen molar-refractivity contribution in [3.63, 3.8) is 0 Å². The van der Waals surface area contributed by atoms with Crippen molar-refractivity contribution in [2.75, 3.05) is 39.6 Å². The molecule has 0 bridgehead atoms. The molecular formula is C79H154O17P2. The Morgan fingerprint density at radius 1 is 0.296 bits per heavy atom. The van der Waals surface area contributed by atoms with Crippen LogP contribution in [0, 0.1) is 17.8 Å². The number of rotatable bonds is 77. The summed E-state index contributed by atoms with van der Waals surface area (Å²) in [5.41, 5.74) is 0. The zero-order valence-corrected chi connectivity index (χ0v) is 66.0. The summed E-state index contributed by atoms with van der Waals surface area (Å²) in [4.78, 5) is 72.9. The minimum atomic E-state index is -4.96. The first-order valence-electron chi connectivity index (χ1n) is 40.9. The first-order chi connectivity index (χ1) is 47.3. The van der Waals surface area contributed by atoms with Crippen molar-refractivity contribution in [1.29, 1.82) is 0 Å². The van der Waals surface area contributed by atoms with Crippen LogP contribution >= 0.6 is 15.6 Å². The molecule has 0 spiro atoms. The summed E-state index contributed by atoms with van der Waals surface area (Å²) in [6, 6.07) is 0. The minimum absolute atomic E-state index is 0.105. The molecule has 0 saturated carbocycles. The van der Waals surface area contributed by atoms with E-state index in [4.69, 9.17) is 37.0 Å². The third-order valence-corrected chi connectivity index (χ3v) is 20.6. The van der Waals surface area contributed by atoms with Gasteiger partial charge in [0.1, 0.15) is 19.3 Å². The Hall–Kier alpha value is -1.94. The Bertz CT molecular complexity index is 1910. The number of carbonyl (C=O) groups is 4. The second-order valence-corrected chi connectivity index (χ2v) is 32.6. The molecule has 98 heavy (non-hydrogen) atoms. The molecule has 0 amide bonds. The van der Waals surface area contributed by atoms with Gasteiger partial charge in [0.2, 0.25) is 0 Å². The van der Waals surface area contributed by atoms with Gasteiger partial charge in [-0.2, -0.15) is 0 Å². The van der Waals surface area contributed by atoms with Crippen molar-refractivity contribution < 1.29 is 80.2 Å². The third kappa shape index (κ3) is 71.1. The van der Waals surface area contributed by atoms with E-state index in [1.54, 1.807) is 0 Å². The number of carbonyl (C=O) groups excluding carboxylic acids is 4. The number of aliphatic hydroxyl groups excluding tert-OH is 1. The summed E-state index contributed by atoms with van der Waals surface area (Å²) < 4.78 is 68.6. The van der Waals surface area contributed by atoms with Crippen LogP contribution in [0.2, 0.25) is 0 Å². The van der Waals surface area contributed by atoms with E-state index in [1.807, 2.05) is 0 Å². The molecule has 0 aromatic heterocycles. The molecule has 582 valence electrons. The van der Waals surface area contributed by atoms with Gasteiger partial charge in [-0.1, -0.05) is 357 Å². The zero-order chi connectivity index (χ0) is 72.3. The number of hydrogen-bond acceptors (Lipinski definition) is 15. The molecule has 3 unspecified atom stereocenters. The van der Waals surface area contributed by atoms with Crippen molar-refractivity contribution in [3.8, 4) is 0 Å². The lowest BCUT2D eigenvalue weighted by Gasteiger charge is -2.21. The van der Waals surface area contributed by atoms with E-state index in [1.165, 1.54) is 212 Å². The number of esters is 4. The molecule has 0 saturated heterocycles. The molecule has 3 N–H and O–H groups in total. The summed E-state index contributed by atoms with van der Waals surface area (Å²) in [7, 11) is -9.92. The maximum atomic E-state index is 13.1. The molecule has 6 atom stereocenters. The fourth-order valence-electron chi connectivity index (χ4n) is 12.1. The normalized spacial score (nSPS) is 14.3. The summed E-state index contributed by atoms with van der Waals surface area (Å²) in [6.07, 6.45) is 57.0. The van der Waals surface area contributed by atoms with Crippen molar-refractivity contribution in [1.82, 2.24) is 0 Å². The Balaban J connectivity index is 5.22. The van der Waals surface area contributed by atoms with Gasteiger partial charge < -0.3 is 33.8 Å². The van der Waals surface area contributed by atoms with Gasteiger partial charge in [-0.25, -0.2) is 9.13 Å². The standard InChI is InChI=1S/C79H154O17P2/c1-8-10-11-12-13-14-15-16-17-18-19-20-21-22-23-24-27-34-39-48-55-62-78(83)95-74(66-89-76(81)60-53-46-38-33-28-25-26-31-36-43-50-57-70(3)4)68-93-97(85,86)91-64-73(80)65-92-98(87,88)94-69-75(67-90-77(82)61-54-47-42-41-45-52-59-72(7)9-2)96-79(84)63-56-49-40-35-30-29-32-37-44-51-58-71(5)6/h70-75,80H,8-69H2,1-7H3,(H,85,86)(H,87,88)/t72?,73-,74-,75-/m1/s1. The van der Waals surface area contributed by atoms with Crippen molar-refractivity contribution >= 4 is 39.5 Å². The molecule has 0 rings (SSSR count). The van der Waals surface area contributed by atoms with Crippen LogP contribution in [0.5, 0.6) is 0 Å². The van der Waals surface area contributed by atoms with Gasteiger partial charge in [-0.3, -0.25) is 37.3 Å². The SMILES string of the molecule is CCCCCCCCCCCCCCCCCCCCCCCC(=O)O[C@H](COC(=O)CCCCCCCCCCCCCC(C)C)COP(=O)(O)OC[C@@H](O)COP(=O)(O)OC[C@@H](COC(=O)CCCCCCCCC(C)CC)OC(=O)CCCCCCCCCCCCC(C)C. The van der Waals surface area contributed by atoms with Crippen molar-refractivity contribution in [3.05, 3.63) is 0 Å². The van der Waals surface area contributed by atoms with Crippen molar-refractivity contribution in [2.24, 2.45) is 17.8 Å². The topological polar surface area (TPSA) is 237 Å². The second kappa shape index (κ2) is 69.4. The van der Waals surface area contributed by atoms with Gasteiger partial charge in [-0.05, 0) is 43.4 Å². The van der Waals surface area contributed by atoms with Gasteiger partial charge >= 0.3 is 39.5 Å². The predicted molar refractivity (Wildman–Crippen MR) is 400 cm³/mol. The summed E-state index contributed by atoms with van der Waals surface area (Å²) in [6.45, 7) is 11.9. The lowest BCUT2D eigenvalue weighted by atomic mass is 10.00. The minimum Gasteiger partial charge on any atom is -0.462 e. The quantitative estimate of drug-likeness (QED) is 0.0222. The largest absolute Gasteiger partial charge is 0.472 e. The Labute approximate surface area is 600 Å². The molecular weight excluding hydrogens is 1280 g/mol. The fraction of sp³-hybridized carbons (Fsp3) is 0.949. The van der Waals surface area contributed by atoms with Gasteiger partial charge in [0.25, 0.3) is 0 Å². The summed E-state index contributed by atoms with van der Waals surface area (Å²) in [5, 5.41) is 10.6. The van der Waals surface area contributed by atoms with Crippen LogP contribution in [0.25, 0.3) is 0 Å². The second-order valence-electron chi connectivity index (χ2n) is 29.6. The average Bonchev–Trinajstić information content (AvgIpc) is 1.05. The van der Waals surface area contributed by atoms with Crippen LogP contribution in [-0.4, -0.2) is 96.7 Å². The van der Waals surface area contributed by atoms with Gasteiger partial charge in [0.15, 0.2) is 12.2 Å². The van der Waals surface area contributed by atoms with E-state index in [-0.39, 0.29) is 25.7 Å². The zero-order valence-electron chi connectivity index (χ0n) is 64.3. The lowest BCUT2D eigenvalue weighted by Crippen LogP contribution is -2.30. The highest BCUT2D eigenvalue weighted by Crippen LogP contribution is 2.45. The Kier molecular flexibility index (Phi) is 68.1. The molecule has 0 radical (unpaired) electrons. The summed E-state index contributed by atoms with van der Waals surface area (Å²) >= 11 is 0. The molecule has 0 heterocycles. The highest BCUT2D eigenvalue weighted by molar-refractivity contribution is 7.47. The molecule has 0 aliphatic carbocycles. The van der Waals surface area contributed by atoms with E-state index >= 15 is 0 Å². The van der Waals surface area contributed by atoms with Crippen LogP contribution in [0.3, 0.4) is 0 Å². The molecule has 19 heteroatoms. The van der Waals surface area contributed by atoms with E-state index in [2.05, 4.69) is 48.5 Å². The lowest BCUT2D eigenvalue weighted by molar-refractivity contribution is -0.161. The van der Waals surface area contributed by atoms with Crippen LogP contribution in [-0.2, 0) is 65.4 Å². The van der Waals surface area contributed by atoms with Gasteiger partial charge in [0, 0.05) is 25.7 Å². The molecule has 0 aromatic rings. The van der Waals surface area contributed by atoms with Crippen LogP contribution in [0.1, 0.15) is 408 Å². The maximum Gasteiger partial charge on any atom is 0.472 e. The van der Waals surface area contributed by atoms with Crippen LogP contribution in [0.15, 0.2) is 0 Å². The number of aliphatic hydroxyl groups is 1. The summed E-state index contributed by atoms with van der Waals surface area (Å²) in [5.74, 6) is 0.137. The van der Waals surface area contributed by atoms with E-state index in [0.717, 1.165) is 114 Å². The van der Waals surface area contributed by atoms with E-state index < -0.39 is 97.5 Å². The fourth-order valence-corrected chi connectivity index (χ4v) is 13.7. The molecule has 0 aliphatic rings. The van der Waals surface area contributed by atoms with Crippen molar-refractivity contribution in [2.45, 2.75) is 426 Å². The predicted octanol–water partition coefficient (Wildman–Crippen LogP) is 23.4. The first kappa shape index (κ1) is 96.1. The monoisotopic (exact) mass is 1440 g/mol. The Morgan fingerprint density at radius 2 is 0.520 bits per heavy atom.